The Morgan fingerprint density at radius 3 is 1.98 bits per heavy atom. The molecule has 62 heavy (non-hydrogen) atoms. The fraction of sp³-hybridized carbons (Fsp3) is 0.0526. The van der Waals surface area contributed by atoms with Crippen molar-refractivity contribution in [1.29, 1.82) is 0 Å². The van der Waals surface area contributed by atoms with Crippen molar-refractivity contribution in [3.05, 3.63) is 205 Å². The molecule has 5 nitrogen and oxygen atoms in total. The van der Waals surface area contributed by atoms with Crippen LogP contribution in [0.25, 0.3) is 93.4 Å². The van der Waals surface area contributed by atoms with Gasteiger partial charge in [-0.3, -0.25) is 9.47 Å². The fourth-order valence-electron chi connectivity index (χ4n) is 10.5. The summed E-state index contributed by atoms with van der Waals surface area (Å²) in [6, 6.07) is 69.7. The van der Waals surface area contributed by atoms with Gasteiger partial charge in [-0.2, -0.15) is 4.98 Å². The molecule has 0 spiro atoms. The minimum absolute atomic E-state index is 0.182. The van der Waals surface area contributed by atoms with Crippen LogP contribution in [-0.4, -0.2) is 19.5 Å². The predicted octanol–water partition coefficient (Wildman–Crippen LogP) is 15.0. The third kappa shape index (κ3) is 4.85. The van der Waals surface area contributed by atoms with Crippen LogP contribution in [0.5, 0.6) is 0 Å². The van der Waals surface area contributed by atoms with E-state index in [4.69, 9.17) is 9.97 Å². The van der Waals surface area contributed by atoms with Gasteiger partial charge in [0.2, 0.25) is 5.95 Å². The van der Waals surface area contributed by atoms with Gasteiger partial charge >= 0.3 is 0 Å². The third-order valence-electron chi connectivity index (χ3n) is 13.3. The highest BCUT2D eigenvalue weighted by atomic mass is 15.3. The Morgan fingerprint density at radius 2 is 1.15 bits per heavy atom. The molecule has 0 radical (unpaired) electrons. The van der Waals surface area contributed by atoms with Crippen LogP contribution in [0.15, 0.2) is 194 Å². The topological polar surface area (TPSA) is 49.7 Å². The van der Waals surface area contributed by atoms with Crippen LogP contribution < -0.4 is 4.90 Å². The number of anilines is 3. The van der Waals surface area contributed by atoms with Crippen molar-refractivity contribution >= 4 is 82.6 Å². The SMILES string of the molecule is CC1(C)c2ccccc2-c2c(N(c3ccc(-c4ccccc4)cc3)c3nc(-n4c5ccccc5c5c6[nH]c7ccccc7c6c6ccccc6c54)c4ccccc4n3)cccc21. The average Bonchev–Trinajstić information content (AvgIpc) is 3.96. The zero-order valence-electron chi connectivity index (χ0n) is 34.3. The maximum absolute atomic E-state index is 5.79. The van der Waals surface area contributed by atoms with Crippen LogP contribution in [0.1, 0.15) is 25.0 Å². The molecule has 5 heteroatoms. The molecule has 3 heterocycles. The van der Waals surface area contributed by atoms with E-state index in [1.54, 1.807) is 0 Å². The molecule has 1 aliphatic carbocycles. The number of aromatic amines is 1. The molecule has 292 valence electrons. The molecule has 0 unspecified atom stereocenters. The van der Waals surface area contributed by atoms with E-state index >= 15 is 0 Å². The first-order valence-corrected chi connectivity index (χ1v) is 21.3. The van der Waals surface area contributed by atoms with Gasteiger partial charge in [0.05, 0.1) is 27.8 Å². The normalized spacial score (nSPS) is 13.1. The van der Waals surface area contributed by atoms with Crippen LogP contribution >= 0.6 is 0 Å². The summed E-state index contributed by atoms with van der Waals surface area (Å²) in [5.74, 6) is 1.43. The van der Waals surface area contributed by atoms with Gasteiger partial charge in [-0.15, -0.1) is 0 Å². The number of hydrogen-bond acceptors (Lipinski definition) is 3. The van der Waals surface area contributed by atoms with Crippen molar-refractivity contribution in [3.8, 4) is 28.1 Å². The van der Waals surface area contributed by atoms with Gasteiger partial charge in [0.25, 0.3) is 0 Å². The number of fused-ring (bicyclic) bond motifs is 14. The second-order valence-corrected chi connectivity index (χ2v) is 17.0. The van der Waals surface area contributed by atoms with Crippen LogP contribution in [0, 0.1) is 0 Å². The average molecular weight is 794 g/mol. The summed E-state index contributed by atoms with van der Waals surface area (Å²) < 4.78 is 2.40. The first-order chi connectivity index (χ1) is 30.5. The lowest BCUT2D eigenvalue weighted by atomic mass is 9.82. The van der Waals surface area contributed by atoms with Crippen LogP contribution in [0.3, 0.4) is 0 Å². The zero-order chi connectivity index (χ0) is 41.1. The lowest BCUT2D eigenvalue weighted by Crippen LogP contribution is -2.17. The van der Waals surface area contributed by atoms with Gasteiger partial charge in [0.15, 0.2) is 5.82 Å². The number of nitrogens with one attached hydrogen (secondary N) is 1. The third-order valence-corrected chi connectivity index (χ3v) is 13.3. The number of para-hydroxylation sites is 3. The summed E-state index contributed by atoms with van der Waals surface area (Å²) >= 11 is 0. The molecular weight excluding hydrogens is 755 g/mol. The van der Waals surface area contributed by atoms with Gasteiger partial charge in [-0.05, 0) is 75.7 Å². The lowest BCUT2D eigenvalue weighted by molar-refractivity contribution is 0.660. The summed E-state index contributed by atoms with van der Waals surface area (Å²) in [5, 5.41) is 8.17. The Morgan fingerprint density at radius 1 is 0.500 bits per heavy atom. The first-order valence-electron chi connectivity index (χ1n) is 21.3. The van der Waals surface area contributed by atoms with Crippen LogP contribution in [-0.2, 0) is 5.41 Å². The minimum Gasteiger partial charge on any atom is -0.354 e. The molecular formula is C57H39N5. The van der Waals surface area contributed by atoms with Crippen molar-refractivity contribution in [3.63, 3.8) is 0 Å². The Balaban J connectivity index is 1.15. The van der Waals surface area contributed by atoms with Crippen molar-refractivity contribution in [2.75, 3.05) is 4.90 Å². The molecule has 1 N–H and O–H groups in total. The molecule has 0 saturated heterocycles. The van der Waals surface area contributed by atoms with E-state index < -0.39 is 0 Å². The molecule has 0 atom stereocenters. The number of H-pyrrole nitrogens is 1. The van der Waals surface area contributed by atoms with Crippen molar-refractivity contribution in [1.82, 2.24) is 19.5 Å². The molecule has 0 saturated carbocycles. The van der Waals surface area contributed by atoms with Crippen molar-refractivity contribution < 1.29 is 0 Å². The molecule has 0 fully saturated rings. The van der Waals surface area contributed by atoms with Gasteiger partial charge < -0.3 is 4.98 Å². The van der Waals surface area contributed by atoms with Crippen LogP contribution in [0.4, 0.5) is 17.3 Å². The molecule has 0 bridgehead atoms. The molecule has 12 aromatic rings. The number of benzene rings is 9. The summed E-state index contributed by atoms with van der Waals surface area (Å²) in [6.07, 6.45) is 0. The molecule has 13 rings (SSSR count). The maximum atomic E-state index is 5.79. The van der Waals surface area contributed by atoms with Crippen LogP contribution in [0.2, 0.25) is 0 Å². The van der Waals surface area contributed by atoms with Gasteiger partial charge in [0.1, 0.15) is 0 Å². The number of aromatic nitrogens is 4. The Kier molecular flexibility index (Phi) is 7.29. The predicted molar refractivity (Wildman–Crippen MR) is 258 cm³/mol. The molecule has 9 aromatic carbocycles. The molecule has 0 amide bonds. The van der Waals surface area contributed by atoms with Gasteiger partial charge in [-0.1, -0.05) is 166 Å². The second-order valence-electron chi connectivity index (χ2n) is 17.0. The quantitative estimate of drug-likeness (QED) is 0.189. The number of hydrogen-bond donors (Lipinski definition) is 1. The van der Waals surface area contributed by atoms with E-state index in [0.717, 1.165) is 55.7 Å². The van der Waals surface area contributed by atoms with E-state index in [-0.39, 0.29) is 5.41 Å². The summed E-state index contributed by atoms with van der Waals surface area (Å²) in [5.41, 5.74) is 14.6. The maximum Gasteiger partial charge on any atom is 0.237 e. The highest BCUT2D eigenvalue weighted by Crippen LogP contribution is 2.54. The Hall–Kier alpha value is -8.02. The first kappa shape index (κ1) is 34.8. The van der Waals surface area contributed by atoms with Crippen molar-refractivity contribution in [2.24, 2.45) is 0 Å². The zero-order valence-corrected chi connectivity index (χ0v) is 34.3. The van der Waals surface area contributed by atoms with E-state index in [1.807, 2.05) is 0 Å². The second kappa shape index (κ2) is 13.0. The molecule has 1 aliphatic rings. The van der Waals surface area contributed by atoms with Gasteiger partial charge in [0, 0.05) is 54.5 Å². The minimum atomic E-state index is -0.182. The summed E-state index contributed by atoms with van der Waals surface area (Å²) in [7, 11) is 0. The standard InChI is InChI=1S/C57H39N5/c1-57(2)44-25-12-8-21-40(44)51-45(57)26-16-30-49(51)61(37-33-31-36(32-34-37)35-17-4-3-5-18-35)56-59-47-28-14-10-23-42(47)55(60-56)62-48-29-15-11-24-43(48)52-53-50(41-22-9-13-27-46(41)58-53)38-19-6-7-20-39(38)54(52)62/h3-34,58H,1-2H3. The van der Waals surface area contributed by atoms with Gasteiger partial charge in [-0.25, -0.2) is 4.98 Å². The smallest absolute Gasteiger partial charge is 0.237 e. The molecule has 0 aliphatic heterocycles. The van der Waals surface area contributed by atoms with E-state index in [1.165, 1.54) is 60.1 Å². The monoisotopic (exact) mass is 793 g/mol. The largest absolute Gasteiger partial charge is 0.354 e. The summed E-state index contributed by atoms with van der Waals surface area (Å²) in [4.78, 5) is 17.4. The fourth-order valence-corrected chi connectivity index (χ4v) is 10.5. The lowest BCUT2D eigenvalue weighted by Gasteiger charge is -2.28. The summed E-state index contributed by atoms with van der Waals surface area (Å²) in [6.45, 7) is 4.67. The van der Waals surface area contributed by atoms with E-state index in [9.17, 15) is 0 Å². The Labute approximate surface area is 358 Å². The van der Waals surface area contributed by atoms with Crippen molar-refractivity contribution in [2.45, 2.75) is 19.3 Å². The number of nitrogens with zero attached hydrogens (tertiary/aromatic N) is 4. The van der Waals surface area contributed by atoms with E-state index in [0.29, 0.717) is 5.95 Å². The van der Waals surface area contributed by atoms with E-state index in [2.05, 4.69) is 222 Å². The highest BCUT2D eigenvalue weighted by Gasteiger charge is 2.38. The molecule has 3 aromatic heterocycles. The Bertz CT molecular complexity index is 3780. The highest BCUT2D eigenvalue weighted by molar-refractivity contribution is 6.36. The number of rotatable bonds is 5.